The third kappa shape index (κ3) is 9.38. The zero-order chi connectivity index (χ0) is 32.6. The van der Waals surface area contributed by atoms with Crippen molar-refractivity contribution in [3.05, 3.63) is 57.6 Å². The highest BCUT2D eigenvalue weighted by atomic mass is 32.2. The van der Waals surface area contributed by atoms with Crippen molar-refractivity contribution < 1.29 is 31.2 Å². The van der Waals surface area contributed by atoms with E-state index in [1.165, 1.54) is 13.4 Å². The summed E-state index contributed by atoms with van der Waals surface area (Å²) in [6.07, 6.45) is 4.80. The molecule has 0 saturated heterocycles. The number of amides is 1. The molecule has 10 nitrogen and oxygen atoms in total. The van der Waals surface area contributed by atoms with Crippen LogP contribution in [0.25, 0.3) is 0 Å². The van der Waals surface area contributed by atoms with Gasteiger partial charge in [0.15, 0.2) is 25.6 Å². The van der Waals surface area contributed by atoms with Gasteiger partial charge in [0, 0.05) is 18.1 Å². The second-order valence-corrected chi connectivity index (χ2v) is 14.6. The van der Waals surface area contributed by atoms with Gasteiger partial charge in [0.1, 0.15) is 0 Å². The first-order valence-corrected chi connectivity index (χ1v) is 17.5. The Bertz CT molecular complexity index is 1540. The molecule has 0 aliphatic carbocycles. The standard InChI is InChI=1S/C15H23N3O3S.C15H22O4S/c1-5-6-11-12(14(19)18-15(16)17)8-7-10(9(2)3)13(11)22(4,20)21;1-6-7-12-13(15(16)19-4)9-8-11(10(2)3)14(12)20(5,17)18/h7-9H,5-6H2,1-4H3,(H4,16,17,18,19);8-10H,6-7H2,1-5H3. The fraction of sp³-hybridized carbons (Fsp3) is 0.500. The quantitative estimate of drug-likeness (QED) is 0.219. The molecule has 12 heteroatoms. The molecule has 0 unspecified atom stereocenters. The molecule has 0 bridgehead atoms. The Morgan fingerprint density at radius 1 is 0.762 bits per heavy atom. The molecule has 0 aliphatic rings. The number of methoxy groups -OCH3 is 1. The van der Waals surface area contributed by atoms with Crippen molar-refractivity contribution in [3.8, 4) is 0 Å². The summed E-state index contributed by atoms with van der Waals surface area (Å²) in [5.41, 5.74) is 13.6. The van der Waals surface area contributed by atoms with Gasteiger partial charge >= 0.3 is 5.97 Å². The highest BCUT2D eigenvalue weighted by Crippen LogP contribution is 2.32. The fourth-order valence-electron chi connectivity index (χ4n) is 4.75. The Kier molecular flexibility index (Phi) is 13.4. The number of aliphatic imine (C=N–C) groups is 1. The normalized spacial score (nSPS) is 11.6. The van der Waals surface area contributed by atoms with Gasteiger partial charge in [-0.05, 0) is 59.1 Å². The van der Waals surface area contributed by atoms with Gasteiger partial charge in [-0.25, -0.2) is 21.6 Å². The number of hydrogen-bond donors (Lipinski definition) is 2. The number of ether oxygens (including phenoxy) is 1. The molecule has 0 radical (unpaired) electrons. The molecule has 1 amide bonds. The molecule has 0 aromatic heterocycles. The van der Waals surface area contributed by atoms with Crippen LogP contribution in [0.3, 0.4) is 0 Å². The molecule has 0 aliphatic heterocycles. The summed E-state index contributed by atoms with van der Waals surface area (Å²) in [4.78, 5) is 28.1. The number of guanidine groups is 1. The SMILES string of the molecule is CCCc1c(C(=O)N=C(N)N)ccc(C(C)C)c1S(C)(=O)=O.CCCc1c(C(=O)OC)ccc(C(C)C)c1S(C)(=O)=O. The predicted molar refractivity (Wildman–Crippen MR) is 167 cm³/mol. The second kappa shape index (κ2) is 15.3. The van der Waals surface area contributed by atoms with E-state index < -0.39 is 31.6 Å². The van der Waals surface area contributed by atoms with Crippen LogP contribution in [0.15, 0.2) is 39.0 Å². The summed E-state index contributed by atoms with van der Waals surface area (Å²) in [6.45, 7) is 11.6. The van der Waals surface area contributed by atoms with Crippen LogP contribution < -0.4 is 11.5 Å². The zero-order valence-corrected chi connectivity index (χ0v) is 27.7. The number of carbonyl (C=O) groups is 2. The monoisotopic (exact) mass is 623 g/mol. The summed E-state index contributed by atoms with van der Waals surface area (Å²) in [7, 11) is -5.58. The minimum atomic E-state index is -3.48. The average Bonchev–Trinajstić information content (AvgIpc) is 2.86. The predicted octanol–water partition coefficient (Wildman–Crippen LogP) is 4.53. The van der Waals surface area contributed by atoms with Crippen LogP contribution in [0, 0.1) is 0 Å². The van der Waals surface area contributed by atoms with E-state index in [0.717, 1.165) is 18.2 Å². The number of nitrogens with two attached hydrogens (primary N) is 2. The average molecular weight is 624 g/mol. The Balaban J connectivity index is 0.000000422. The molecule has 0 saturated carbocycles. The molecule has 0 spiro atoms. The molecule has 0 atom stereocenters. The summed E-state index contributed by atoms with van der Waals surface area (Å²) < 4.78 is 53.6. The molecular weight excluding hydrogens is 578 g/mol. The topological polar surface area (TPSA) is 176 Å². The van der Waals surface area contributed by atoms with Gasteiger partial charge in [-0.2, -0.15) is 4.99 Å². The highest BCUT2D eigenvalue weighted by Gasteiger charge is 2.26. The first kappa shape index (κ1) is 36.8. The van der Waals surface area contributed by atoms with E-state index in [2.05, 4.69) is 4.99 Å². The van der Waals surface area contributed by atoms with Crippen LogP contribution in [-0.4, -0.2) is 54.3 Å². The van der Waals surface area contributed by atoms with E-state index in [4.69, 9.17) is 16.2 Å². The molecule has 2 rings (SSSR count). The van der Waals surface area contributed by atoms with E-state index in [1.807, 2.05) is 41.5 Å². The highest BCUT2D eigenvalue weighted by molar-refractivity contribution is 7.91. The van der Waals surface area contributed by atoms with Crippen molar-refractivity contribution in [3.63, 3.8) is 0 Å². The number of hydrogen-bond acceptors (Lipinski definition) is 7. The maximum Gasteiger partial charge on any atom is 0.338 e. The number of benzene rings is 2. The number of nitrogens with zero attached hydrogens (tertiary/aromatic N) is 1. The molecule has 4 N–H and O–H groups in total. The molecule has 234 valence electrons. The second-order valence-electron chi connectivity index (χ2n) is 10.7. The number of sulfone groups is 2. The summed E-state index contributed by atoms with van der Waals surface area (Å²) in [6, 6.07) is 6.65. The van der Waals surface area contributed by atoms with Crippen LogP contribution >= 0.6 is 0 Å². The van der Waals surface area contributed by atoms with Crippen LogP contribution in [0.2, 0.25) is 0 Å². The molecule has 42 heavy (non-hydrogen) atoms. The van der Waals surface area contributed by atoms with Crippen molar-refractivity contribution >= 4 is 37.5 Å². The molecule has 2 aromatic carbocycles. The van der Waals surface area contributed by atoms with Gasteiger partial charge in [-0.15, -0.1) is 0 Å². The van der Waals surface area contributed by atoms with E-state index in [1.54, 1.807) is 24.3 Å². The van der Waals surface area contributed by atoms with E-state index in [0.29, 0.717) is 41.5 Å². The number of carbonyl (C=O) groups excluding carboxylic acids is 2. The third-order valence-electron chi connectivity index (χ3n) is 6.43. The Labute approximate surface area is 250 Å². The van der Waals surface area contributed by atoms with Crippen LogP contribution in [0.5, 0.6) is 0 Å². The van der Waals surface area contributed by atoms with Crippen molar-refractivity contribution in [1.82, 2.24) is 0 Å². The van der Waals surface area contributed by atoms with Gasteiger partial charge in [0.05, 0.1) is 22.5 Å². The van der Waals surface area contributed by atoms with E-state index in [-0.39, 0.29) is 33.1 Å². The Hall–Kier alpha value is -3.25. The molecule has 2 aromatic rings. The molecular formula is C30H45N3O7S2. The minimum absolute atomic E-state index is 0.0209. The summed E-state index contributed by atoms with van der Waals surface area (Å²) in [5, 5.41) is 0. The number of esters is 1. The minimum Gasteiger partial charge on any atom is -0.465 e. The van der Waals surface area contributed by atoms with Gasteiger partial charge in [-0.3, -0.25) is 4.79 Å². The van der Waals surface area contributed by atoms with Crippen LogP contribution in [-0.2, 0) is 37.3 Å². The fourth-order valence-corrected chi connectivity index (χ4v) is 7.54. The summed E-state index contributed by atoms with van der Waals surface area (Å²) in [5.74, 6) is -1.37. The van der Waals surface area contributed by atoms with Crippen molar-refractivity contribution in [2.24, 2.45) is 16.5 Å². The Morgan fingerprint density at radius 3 is 1.45 bits per heavy atom. The van der Waals surface area contributed by atoms with Gasteiger partial charge in [-0.1, -0.05) is 66.5 Å². The lowest BCUT2D eigenvalue weighted by atomic mass is 9.94. The van der Waals surface area contributed by atoms with E-state index >= 15 is 0 Å². The van der Waals surface area contributed by atoms with Crippen molar-refractivity contribution in [1.29, 1.82) is 0 Å². The van der Waals surface area contributed by atoms with Gasteiger partial charge in [0.2, 0.25) is 0 Å². The lowest BCUT2D eigenvalue weighted by Crippen LogP contribution is -2.24. The molecule has 0 fully saturated rings. The maximum absolute atomic E-state index is 12.3. The lowest BCUT2D eigenvalue weighted by Gasteiger charge is -2.18. The first-order chi connectivity index (χ1) is 19.3. The van der Waals surface area contributed by atoms with Crippen LogP contribution in [0.1, 0.15) is 109 Å². The smallest absolute Gasteiger partial charge is 0.338 e. The Morgan fingerprint density at radius 2 is 1.14 bits per heavy atom. The van der Waals surface area contributed by atoms with Crippen LogP contribution in [0.4, 0.5) is 0 Å². The van der Waals surface area contributed by atoms with Gasteiger partial charge in [0.25, 0.3) is 5.91 Å². The van der Waals surface area contributed by atoms with Crippen molar-refractivity contribution in [2.45, 2.75) is 88.9 Å². The van der Waals surface area contributed by atoms with Gasteiger partial charge < -0.3 is 16.2 Å². The summed E-state index contributed by atoms with van der Waals surface area (Å²) >= 11 is 0. The lowest BCUT2D eigenvalue weighted by molar-refractivity contribution is 0.0599. The van der Waals surface area contributed by atoms with E-state index in [9.17, 15) is 26.4 Å². The number of rotatable bonds is 10. The largest absolute Gasteiger partial charge is 0.465 e. The van der Waals surface area contributed by atoms with Crippen molar-refractivity contribution in [2.75, 3.05) is 19.6 Å². The first-order valence-electron chi connectivity index (χ1n) is 13.8. The maximum atomic E-state index is 12.3. The third-order valence-corrected chi connectivity index (χ3v) is 8.88. The molecule has 0 heterocycles. The zero-order valence-electron chi connectivity index (χ0n) is 26.1.